The van der Waals surface area contributed by atoms with Crippen LogP contribution in [-0.2, 0) is 4.74 Å². The zero-order valence-electron chi connectivity index (χ0n) is 8.50. The van der Waals surface area contributed by atoms with E-state index in [0.29, 0.717) is 16.7 Å². The van der Waals surface area contributed by atoms with E-state index in [1.165, 1.54) is 0 Å². The number of nitrogens with zero attached hydrogens (tertiary/aromatic N) is 2. The Morgan fingerprint density at radius 1 is 1.56 bits per heavy atom. The third-order valence-electron chi connectivity index (χ3n) is 2.40. The van der Waals surface area contributed by atoms with Crippen molar-refractivity contribution >= 4 is 44.9 Å². The number of hydrogen-bond acceptors (Lipinski definition) is 3. The number of hydrogen-bond donors (Lipinski definition) is 0. The summed E-state index contributed by atoms with van der Waals surface area (Å²) in [6, 6.07) is 1.71. The van der Waals surface area contributed by atoms with E-state index < -0.39 is 0 Å². The van der Waals surface area contributed by atoms with Gasteiger partial charge in [0, 0.05) is 24.6 Å². The van der Waals surface area contributed by atoms with E-state index in [9.17, 15) is 0 Å². The second-order valence-electron chi connectivity index (χ2n) is 3.55. The van der Waals surface area contributed by atoms with Crippen molar-refractivity contribution in [2.45, 2.75) is 6.10 Å². The summed E-state index contributed by atoms with van der Waals surface area (Å²) in [5, 5.41) is 1.95. The topological polar surface area (TPSA) is 25.4 Å². The highest BCUT2D eigenvalue weighted by molar-refractivity contribution is 9.09. The minimum atomic E-state index is 0.183. The zero-order valence-corrected chi connectivity index (χ0v) is 11.6. The summed E-state index contributed by atoms with van der Waals surface area (Å²) in [7, 11) is 0. The molecule has 3 nitrogen and oxygen atoms in total. The molecule has 1 saturated heterocycles. The van der Waals surface area contributed by atoms with Crippen LogP contribution in [0.2, 0.25) is 10.0 Å². The van der Waals surface area contributed by atoms with Crippen molar-refractivity contribution in [2.24, 2.45) is 0 Å². The SMILES string of the molecule is Clc1cnc(N2CCOC(CBr)C2)c(Cl)c1. The summed E-state index contributed by atoms with van der Waals surface area (Å²) in [6.07, 6.45) is 1.80. The zero-order chi connectivity index (χ0) is 11.5. The molecule has 0 radical (unpaired) electrons. The van der Waals surface area contributed by atoms with Gasteiger partial charge in [0.1, 0.15) is 5.82 Å². The molecule has 88 valence electrons. The summed E-state index contributed by atoms with van der Waals surface area (Å²) in [5.74, 6) is 0.778. The third-order valence-corrected chi connectivity index (χ3v) is 3.61. The second kappa shape index (κ2) is 5.54. The van der Waals surface area contributed by atoms with Crippen molar-refractivity contribution in [2.75, 3.05) is 29.9 Å². The molecule has 0 amide bonds. The lowest BCUT2D eigenvalue weighted by Crippen LogP contribution is -2.43. The molecule has 1 aromatic rings. The van der Waals surface area contributed by atoms with Gasteiger partial charge in [-0.05, 0) is 6.07 Å². The molecule has 0 bridgehead atoms. The Morgan fingerprint density at radius 2 is 2.38 bits per heavy atom. The van der Waals surface area contributed by atoms with Gasteiger partial charge in [-0.1, -0.05) is 39.1 Å². The molecular formula is C10H11BrCl2N2O. The van der Waals surface area contributed by atoms with Crippen molar-refractivity contribution in [1.29, 1.82) is 0 Å². The first-order chi connectivity index (χ1) is 7.70. The molecule has 0 aromatic carbocycles. The normalized spacial score (nSPS) is 21.2. The summed E-state index contributed by atoms with van der Waals surface area (Å²) in [6.45, 7) is 2.29. The van der Waals surface area contributed by atoms with Gasteiger partial charge in [0.05, 0.1) is 22.8 Å². The molecule has 2 rings (SSSR count). The van der Waals surface area contributed by atoms with Crippen LogP contribution >= 0.6 is 39.1 Å². The lowest BCUT2D eigenvalue weighted by molar-refractivity contribution is 0.0568. The standard InChI is InChI=1S/C10H11BrCl2N2O/c11-4-8-6-15(1-2-16-8)10-9(13)3-7(12)5-14-10/h3,5,8H,1-2,4,6H2. The molecule has 1 atom stereocenters. The average Bonchev–Trinajstić information content (AvgIpc) is 2.29. The van der Waals surface area contributed by atoms with E-state index in [2.05, 4.69) is 25.8 Å². The lowest BCUT2D eigenvalue weighted by atomic mass is 10.3. The quantitative estimate of drug-likeness (QED) is 0.782. The van der Waals surface area contributed by atoms with Gasteiger partial charge in [0.15, 0.2) is 0 Å². The van der Waals surface area contributed by atoms with Crippen molar-refractivity contribution in [1.82, 2.24) is 4.98 Å². The fourth-order valence-electron chi connectivity index (χ4n) is 1.65. The maximum Gasteiger partial charge on any atom is 0.147 e. The van der Waals surface area contributed by atoms with Gasteiger partial charge in [-0.25, -0.2) is 4.98 Å². The lowest BCUT2D eigenvalue weighted by Gasteiger charge is -2.33. The highest BCUT2D eigenvalue weighted by atomic mass is 79.9. The number of aromatic nitrogens is 1. The Balaban J connectivity index is 2.16. The number of morpholine rings is 1. The Morgan fingerprint density at radius 3 is 3.06 bits per heavy atom. The molecule has 1 unspecified atom stereocenters. The molecule has 16 heavy (non-hydrogen) atoms. The van der Waals surface area contributed by atoms with Gasteiger partial charge in [-0.2, -0.15) is 0 Å². The van der Waals surface area contributed by atoms with Gasteiger partial charge in [-0.3, -0.25) is 0 Å². The van der Waals surface area contributed by atoms with Crippen molar-refractivity contribution in [3.63, 3.8) is 0 Å². The molecule has 6 heteroatoms. The summed E-state index contributed by atoms with van der Waals surface area (Å²) in [4.78, 5) is 6.38. The average molecular weight is 326 g/mol. The van der Waals surface area contributed by atoms with Gasteiger partial charge in [-0.15, -0.1) is 0 Å². The predicted octanol–water partition coefficient (Wildman–Crippen LogP) is 2.99. The van der Waals surface area contributed by atoms with E-state index in [-0.39, 0.29) is 6.10 Å². The Bertz CT molecular complexity index is 378. The van der Waals surface area contributed by atoms with Crippen LogP contribution in [0, 0.1) is 0 Å². The van der Waals surface area contributed by atoms with E-state index in [1.54, 1.807) is 12.3 Å². The molecule has 0 aliphatic carbocycles. The Kier molecular flexibility index (Phi) is 4.30. The summed E-state index contributed by atoms with van der Waals surface area (Å²) >= 11 is 15.3. The van der Waals surface area contributed by atoms with E-state index in [4.69, 9.17) is 27.9 Å². The Labute approximate surface area is 113 Å². The third kappa shape index (κ3) is 2.80. The highest BCUT2D eigenvalue weighted by Gasteiger charge is 2.22. The van der Waals surface area contributed by atoms with Gasteiger partial charge < -0.3 is 9.64 Å². The van der Waals surface area contributed by atoms with Crippen LogP contribution in [0.4, 0.5) is 5.82 Å². The van der Waals surface area contributed by atoms with E-state index in [1.807, 2.05) is 0 Å². The molecule has 2 heterocycles. The monoisotopic (exact) mass is 324 g/mol. The van der Waals surface area contributed by atoms with Crippen LogP contribution in [0.25, 0.3) is 0 Å². The van der Waals surface area contributed by atoms with Crippen molar-refractivity contribution in [3.8, 4) is 0 Å². The number of pyridine rings is 1. The first-order valence-corrected chi connectivity index (χ1v) is 6.82. The van der Waals surface area contributed by atoms with Crippen LogP contribution in [0.15, 0.2) is 12.3 Å². The predicted molar refractivity (Wildman–Crippen MR) is 70.0 cm³/mol. The minimum Gasteiger partial charge on any atom is -0.374 e. The molecule has 0 N–H and O–H groups in total. The smallest absolute Gasteiger partial charge is 0.147 e. The number of alkyl halides is 1. The maximum atomic E-state index is 6.11. The Hall–Kier alpha value is -0.0300. The van der Waals surface area contributed by atoms with Gasteiger partial charge in [0.2, 0.25) is 0 Å². The number of rotatable bonds is 2. The largest absolute Gasteiger partial charge is 0.374 e. The maximum absolute atomic E-state index is 6.11. The van der Waals surface area contributed by atoms with Crippen LogP contribution < -0.4 is 4.90 Å². The summed E-state index contributed by atoms with van der Waals surface area (Å²) < 4.78 is 5.56. The van der Waals surface area contributed by atoms with E-state index >= 15 is 0 Å². The van der Waals surface area contributed by atoms with Gasteiger partial charge in [0.25, 0.3) is 0 Å². The fourth-order valence-corrected chi connectivity index (χ4v) is 2.54. The van der Waals surface area contributed by atoms with Crippen LogP contribution in [0.1, 0.15) is 0 Å². The number of halogens is 3. The number of anilines is 1. The number of ether oxygens (including phenoxy) is 1. The first-order valence-electron chi connectivity index (χ1n) is 4.94. The molecule has 0 spiro atoms. The van der Waals surface area contributed by atoms with Crippen LogP contribution in [0.5, 0.6) is 0 Å². The molecule has 1 aromatic heterocycles. The van der Waals surface area contributed by atoms with Crippen LogP contribution in [0.3, 0.4) is 0 Å². The molecule has 1 aliphatic rings. The molecule has 0 saturated carbocycles. The van der Waals surface area contributed by atoms with Crippen LogP contribution in [-0.4, -0.2) is 36.1 Å². The molecule has 1 aliphatic heterocycles. The fraction of sp³-hybridized carbons (Fsp3) is 0.500. The highest BCUT2D eigenvalue weighted by Crippen LogP contribution is 2.27. The van der Waals surface area contributed by atoms with Crippen molar-refractivity contribution < 1.29 is 4.74 Å². The van der Waals surface area contributed by atoms with Gasteiger partial charge >= 0.3 is 0 Å². The van der Waals surface area contributed by atoms with E-state index in [0.717, 1.165) is 24.2 Å². The summed E-state index contributed by atoms with van der Waals surface area (Å²) in [5.41, 5.74) is 0. The first kappa shape index (κ1) is 12.4. The molecule has 1 fully saturated rings. The molecular weight excluding hydrogens is 315 g/mol. The second-order valence-corrected chi connectivity index (χ2v) is 5.04. The van der Waals surface area contributed by atoms with Crippen molar-refractivity contribution in [3.05, 3.63) is 22.3 Å². The minimum absolute atomic E-state index is 0.183.